The summed E-state index contributed by atoms with van der Waals surface area (Å²) in [5.74, 6) is 1.50. The molecule has 0 saturated carbocycles. The van der Waals surface area contributed by atoms with E-state index in [9.17, 15) is 28.2 Å². The van der Waals surface area contributed by atoms with Crippen LogP contribution in [0, 0.1) is 17.2 Å². The zero-order valence-corrected chi connectivity index (χ0v) is 30.5. The van der Waals surface area contributed by atoms with E-state index in [0.29, 0.717) is 62.3 Å². The molecule has 7 nitrogen and oxygen atoms in total. The number of ether oxygens (including phenoxy) is 1. The number of fused-ring (bicyclic) bond motifs is 1. The number of likely N-dealkylation sites (tertiary alicyclic amines) is 1. The predicted octanol–water partition coefficient (Wildman–Crippen LogP) is 4.78. The summed E-state index contributed by atoms with van der Waals surface area (Å²) in [4.78, 5) is 30.8. The van der Waals surface area contributed by atoms with Crippen LogP contribution in [-0.4, -0.2) is 61.2 Å². The molecule has 0 unspecified atom stereocenters. The Balaban J connectivity index is 1.15. The molecule has 0 aliphatic carbocycles. The number of hydrogen-bond acceptors (Lipinski definition) is 4. The number of H-pyrrole nitrogens is 1. The number of nitrogens with one attached hydrogen (secondary N) is 2. The van der Waals surface area contributed by atoms with E-state index in [-0.39, 0.29) is 23.2 Å². The average molecular weight is 886 g/mol. The number of hydrogen-bond donors (Lipinski definition) is 2. The fourth-order valence-corrected chi connectivity index (χ4v) is 16.5. The summed E-state index contributed by atoms with van der Waals surface area (Å²) in [5, 5.41) is 9.21. The second-order valence-electron chi connectivity index (χ2n) is 12.4. The molecule has 1 aromatic heterocycles. The van der Waals surface area contributed by atoms with Gasteiger partial charge in [0, 0.05) is 0 Å². The molecule has 1 amide bonds. The molecular formula is C33H39ClF3I2N4O3-. The van der Waals surface area contributed by atoms with E-state index in [1.807, 2.05) is 24.3 Å². The molecule has 6 rings (SSSR count). The number of para-hydroxylation sites is 2. The van der Waals surface area contributed by atoms with E-state index in [1.165, 1.54) is 27.8 Å². The van der Waals surface area contributed by atoms with Gasteiger partial charge in [-0.05, 0) is 0 Å². The van der Waals surface area contributed by atoms with Gasteiger partial charge in [0.1, 0.15) is 0 Å². The summed E-state index contributed by atoms with van der Waals surface area (Å²) in [7, 11) is 0. The van der Waals surface area contributed by atoms with Gasteiger partial charge < -0.3 is 0 Å². The molecule has 2 aromatic carbocycles. The fraction of sp³-hybridized carbons (Fsp3) is 0.545. The van der Waals surface area contributed by atoms with Crippen molar-refractivity contribution in [3.8, 4) is 0 Å². The van der Waals surface area contributed by atoms with Gasteiger partial charge in [0.05, 0.1) is 0 Å². The van der Waals surface area contributed by atoms with Crippen molar-refractivity contribution in [2.24, 2.45) is 11.8 Å². The van der Waals surface area contributed by atoms with Crippen LogP contribution in [0.3, 0.4) is 0 Å². The third-order valence-corrected chi connectivity index (χ3v) is 18.7. The molecular weight excluding hydrogens is 847 g/mol. The summed E-state index contributed by atoms with van der Waals surface area (Å²) in [5.41, 5.74) is 0.864. The molecule has 252 valence electrons. The molecule has 46 heavy (non-hydrogen) atoms. The minimum absolute atomic E-state index is 0.0148. The average Bonchev–Trinajstić information content (AvgIpc) is 3.39. The van der Waals surface area contributed by atoms with Gasteiger partial charge in [-0.15, -0.1) is 0 Å². The molecule has 4 heterocycles. The number of aromatic amines is 1. The number of rotatable bonds is 7. The van der Waals surface area contributed by atoms with Crippen LogP contribution in [0.2, 0.25) is 5.02 Å². The summed E-state index contributed by atoms with van der Waals surface area (Å²) in [6.07, 6.45) is -0.0604. The molecule has 2 N–H and O–H groups in total. The summed E-state index contributed by atoms with van der Waals surface area (Å²) < 4.78 is 53.9. The fourth-order valence-electron chi connectivity index (χ4n) is 7.04. The van der Waals surface area contributed by atoms with E-state index in [0.717, 1.165) is 50.8 Å². The molecule has 1 atom stereocenters. The van der Waals surface area contributed by atoms with E-state index in [4.69, 9.17) is 16.3 Å². The van der Waals surface area contributed by atoms with E-state index >= 15 is 0 Å². The molecule has 3 aliphatic rings. The predicted molar refractivity (Wildman–Crippen MR) is 179 cm³/mol. The van der Waals surface area contributed by atoms with Gasteiger partial charge in [0.2, 0.25) is 0 Å². The monoisotopic (exact) mass is 885 g/mol. The number of imidazole rings is 1. The number of carbonyl (C=O) groups excluding carboxylic acids is 1. The number of amides is 1. The molecule has 3 fully saturated rings. The molecule has 3 aliphatic heterocycles. The first-order chi connectivity index (χ1) is 22.1. The number of piperidine rings is 1. The van der Waals surface area contributed by atoms with E-state index in [1.54, 1.807) is 9.47 Å². The number of alkyl halides is 7. The first-order valence-corrected chi connectivity index (χ1v) is 23.4. The second-order valence-corrected chi connectivity index (χ2v) is 22.0. The molecule has 3 aromatic rings. The first kappa shape index (κ1) is 34.1. The van der Waals surface area contributed by atoms with Gasteiger partial charge in [-0.2, -0.15) is 0 Å². The van der Waals surface area contributed by atoms with Crippen LogP contribution in [0.1, 0.15) is 55.7 Å². The molecule has 0 bridgehead atoms. The normalized spacial score (nSPS) is 20.8. The Bertz CT molecular complexity index is 1610. The summed E-state index contributed by atoms with van der Waals surface area (Å²) in [6, 6.07) is 10.9. The molecule has 0 spiro atoms. The van der Waals surface area contributed by atoms with E-state index < -0.39 is 43.8 Å². The SMILES string of the molecule is N=C([C@@H](Cc1cc(Cl)cc(C(F)(F)F)c1)OC(=O)N1CCC(n2c(=O)[nH]c3ccccc32)CC1)I1CCC(C2CC[I-]CC2)CC1. The van der Waals surface area contributed by atoms with Crippen molar-refractivity contribution in [1.29, 1.82) is 5.41 Å². The van der Waals surface area contributed by atoms with Crippen molar-refractivity contribution >= 4 is 52.3 Å². The third kappa shape index (κ3) is 7.90. The topological polar surface area (TPSA) is 91.2 Å². The zero-order valence-electron chi connectivity index (χ0n) is 25.4. The molecule has 0 radical (unpaired) electrons. The number of nitrogens with zero attached hydrogens (tertiary/aromatic N) is 2. The van der Waals surface area contributed by atoms with Crippen LogP contribution in [0.4, 0.5) is 18.0 Å². The first-order valence-electron chi connectivity index (χ1n) is 15.8. The Kier molecular flexibility index (Phi) is 10.9. The summed E-state index contributed by atoms with van der Waals surface area (Å²) in [6.45, 7) is 0.747. The number of benzene rings is 2. The van der Waals surface area contributed by atoms with Crippen molar-refractivity contribution in [2.75, 3.05) is 30.8 Å². The van der Waals surface area contributed by atoms with Gasteiger partial charge in [-0.1, -0.05) is 6.07 Å². The van der Waals surface area contributed by atoms with Gasteiger partial charge in [-0.3, -0.25) is 0 Å². The maximum atomic E-state index is 13.6. The maximum absolute atomic E-state index is 13.6. The van der Waals surface area contributed by atoms with Gasteiger partial charge in [0.25, 0.3) is 0 Å². The van der Waals surface area contributed by atoms with Gasteiger partial charge in [-0.25, -0.2) is 0 Å². The Morgan fingerprint density at radius 2 is 1.72 bits per heavy atom. The van der Waals surface area contributed by atoms with Crippen LogP contribution in [0.15, 0.2) is 47.3 Å². The van der Waals surface area contributed by atoms with Crippen LogP contribution >= 0.6 is 31.4 Å². The Morgan fingerprint density at radius 1 is 1.04 bits per heavy atom. The van der Waals surface area contributed by atoms with Gasteiger partial charge >= 0.3 is 285 Å². The second kappa shape index (κ2) is 14.8. The number of carbonyl (C=O) groups is 1. The van der Waals surface area contributed by atoms with Crippen molar-refractivity contribution < 1.29 is 43.9 Å². The van der Waals surface area contributed by atoms with Crippen LogP contribution < -0.4 is 26.9 Å². The van der Waals surface area contributed by atoms with Crippen LogP contribution in [-0.2, 0) is 17.3 Å². The van der Waals surface area contributed by atoms with Gasteiger partial charge in [0.15, 0.2) is 0 Å². The third-order valence-electron chi connectivity index (χ3n) is 9.54. The van der Waals surface area contributed by atoms with E-state index in [2.05, 4.69) is 4.98 Å². The molecule has 13 heteroatoms. The van der Waals surface area contributed by atoms with Crippen molar-refractivity contribution in [2.45, 2.75) is 63.3 Å². The number of aromatic nitrogens is 2. The van der Waals surface area contributed by atoms with Crippen molar-refractivity contribution in [3.63, 3.8) is 0 Å². The molecule has 3 saturated heterocycles. The zero-order chi connectivity index (χ0) is 32.4. The van der Waals surface area contributed by atoms with Crippen molar-refractivity contribution in [1.82, 2.24) is 14.5 Å². The minimum atomic E-state index is -4.56. The Morgan fingerprint density at radius 3 is 2.41 bits per heavy atom. The Labute approximate surface area is 289 Å². The quantitative estimate of drug-likeness (QED) is 0.204. The van der Waals surface area contributed by atoms with Crippen LogP contribution in [0.25, 0.3) is 11.0 Å². The summed E-state index contributed by atoms with van der Waals surface area (Å²) >= 11 is 4.53. The standard InChI is InChI=1S/C33H39ClF3I2N4O3/c34-25-18-21(17-24(20-25)33(35,36)37)19-29(30(40)39-13-7-23(8-14-39)22-5-11-38-12-6-22)46-32(45)42-15-9-26(10-16-42)43-28-4-2-1-3-27(28)41-31(43)44/h1-4,17-18,20,22-23,26,29,40H,5-16,19H2,(H,41,44)/q-1/t29-/m1/s1. The van der Waals surface area contributed by atoms with Crippen molar-refractivity contribution in [3.05, 3.63) is 69.1 Å². The number of halogens is 6. The van der Waals surface area contributed by atoms with Crippen LogP contribution in [0.5, 0.6) is 0 Å². The Hall–Kier alpha value is -1.81.